The molecule has 0 radical (unpaired) electrons. The van der Waals surface area contributed by atoms with Gasteiger partial charge < -0.3 is 15.5 Å². The van der Waals surface area contributed by atoms with Gasteiger partial charge in [-0.3, -0.25) is 23.8 Å². The van der Waals surface area contributed by atoms with Crippen LogP contribution in [0.25, 0.3) is 22.3 Å². The molecule has 0 aliphatic heterocycles. The zero-order valence-corrected chi connectivity index (χ0v) is 94.1. The van der Waals surface area contributed by atoms with Gasteiger partial charge in [-0.05, 0) is 252 Å². The Morgan fingerprint density at radius 3 is 0.753 bits per heavy atom. The maximum absolute atomic E-state index is 12.7. The van der Waals surface area contributed by atoms with Gasteiger partial charge >= 0.3 is 0 Å². The normalized spacial score (nSPS) is 12.4. The topological polar surface area (TPSA) is 143 Å². The van der Waals surface area contributed by atoms with E-state index in [4.69, 9.17) is 20.0 Å². The van der Waals surface area contributed by atoms with E-state index < -0.39 is 41.3 Å². The van der Waals surface area contributed by atoms with Crippen molar-refractivity contribution >= 4 is 93.6 Å². The molecule has 0 heterocycles. The highest BCUT2D eigenvalue weighted by Crippen LogP contribution is 2.57. The van der Waals surface area contributed by atoms with E-state index in [9.17, 15) is 21.9 Å². The van der Waals surface area contributed by atoms with Crippen LogP contribution in [0, 0.1) is 13.8 Å². The van der Waals surface area contributed by atoms with Gasteiger partial charge in [-0.15, -0.1) is 0 Å². The molecule has 2 aliphatic rings. The average Bonchev–Trinajstić information content (AvgIpc) is 1.67. The first-order valence-corrected chi connectivity index (χ1v) is 57.2. The van der Waals surface area contributed by atoms with Crippen LogP contribution in [0.3, 0.4) is 0 Å². The summed E-state index contributed by atoms with van der Waals surface area (Å²) in [6, 6.07) is 169. The van der Waals surface area contributed by atoms with Crippen molar-refractivity contribution in [3.8, 4) is 22.3 Å². The van der Waals surface area contributed by atoms with Crippen LogP contribution in [0.4, 0.5) is 0 Å². The maximum atomic E-state index is 12.7. The second-order valence-corrected chi connectivity index (χ2v) is 45.4. The minimum atomic E-state index is -3.84. The van der Waals surface area contributed by atoms with Crippen molar-refractivity contribution in [3.63, 3.8) is 0 Å². The van der Waals surface area contributed by atoms with Crippen molar-refractivity contribution in [1.82, 2.24) is 24.9 Å². The molecule has 0 atom stereocenters. The number of rotatable bonds is 32. The van der Waals surface area contributed by atoms with E-state index in [2.05, 4.69) is 474 Å². The number of nitrogens with zero attached hydrogens (tertiary/aromatic N) is 4. The van der Waals surface area contributed by atoms with Crippen molar-refractivity contribution in [2.45, 2.75) is 70.5 Å². The van der Waals surface area contributed by atoms with Crippen LogP contribution in [-0.2, 0) is 57.3 Å². The van der Waals surface area contributed by atoms with Crippen molar-refractivity contribution in [1.29, 1.82) is 0 Å². The molecular weight excluding hydrogens is 2170 g/mol. The molecule has 0 unspecified atom stereocenters. The minimum Gasteiger partial charge on any atom is -0.395 e. The third-order valence-corrected chi connectivity index (χ3v) is 33.2. The molecule has 150 heavy (non-hydrogen) atoms. The van der Waals surface area contributed by atoms with Crippen molar-refractivity contribution < 1.29 is 31.2 Å². The molecular formula is C131H126Br4ClN5O7S2. The number of halogens is 5. The average molecular weight is 2300 g/mol. The fourth-order valence-corrected chi connectivity index (χ4v) is 24.7. The molecule has 0 fully saturated rings. The van der Waals surface area contributed by atoms with E-state index in [1.165, 1.54) is 107 Å². The second-order valence-electron chi connectivity index (χ2n) is 37.6. The molecule has 20 rings (SSSR count). The Kier molecular flexibility index (Phi) is 39.3. The minimum absolute atomic E-state index is 0.0287. The zero-order valence-electron chi connectivity index (χ0n) is 85.4. The summed E-state index contributed by atoms with van der Waals surface area (Å²) in [5, 5.41) is 20.4. The lowest BCUT2D eigenvalue weighted by atomic mass is 9.70. The van der Waals surface area contributed by atoms with Gasteiger partial charge in [0.1, 0.15) is 0 Å². The SMILES string of the molecule is Brc1ccc2c(c1)Cc1cc(Br)ccc1-2.CN(CCC1(CCN(C)C(c2ccccc2)(c2ccccc2)c2ccccc2)c2cc(Br)ccc2-c2ccc(Br)cc21)C(c1ccccc1)(c1ccccc1)c1ccccc1.CN(CCO)C(c1ccccc1)(c1ccccc1)c1ccccc1.CNCCO.Cc1ccc(S(=O)(=O)Cl)cc1.Cc1ccc(S(=O)(=O)OCCN(C)C(c2ccccc2)(c2ccccc2)c2ccccc2)cc1. The van der Waals surface area contributed by atoms with Gasteiger partial charge in [0.05, 0.1) is 51.8 Å². The summed E-state index contributed by atoms with van der Waals surface area (Å²) in [5.74, 6) is 0. The van der Waals surface area contributed by atoms with Gasteiger partial charge in [0.25, 0.3) is 19.2 Å². The molecule has 764 valence electrons. The summed E-state index contributed by atoms with van der Waals surface area (Å²) in [4.78, 5) is 9.94. The molecule has 0 aromatic heterocycles. The van der Waals surface area contributed by atoms with Gasteiger partial charge in [-0.25, -0.2) is 8.42 Å². The van der Waals surface area contributed by atoms with E-state index in [0.717, 1.165) is 78.1 Å². The third kappa shape index (κ3) is 25.4. The lowest BCUT2D eigenvalue weighted by molar-refractivity contribution is 0.152. The maximum Gasteiger partial charge on any atom is 0.297 e. The van der Waals surface area contributed by atoms with Crippen molar-refractivity contribution in [3.05, 3.63) is 603 Å². The van der Waals surface area contributed by atoms with Crippen LogP contribution in [0.1, 0.15) is 113 Å². The highest BCUT2D eigenvalue weighted by Gasteiger charge is 2.50. The molecule has 19 heteroatoms. The largest absolute Gasteiger partial charge is 0.395 e. The summed E-state index contributed by atoms with van der Waals surface area (Å²) >= 11 is 14.9. The second kappa shape index (κ2) is 52.7. The Hall–Kier alpha value is -12.3. The van der Waals surface area contributed by atoms with Crippen LogP contribution >= 0.6 is 74.4 Å². The molecule has 18 aromatic rings. The smallest absolute Gasteiger partial charge is 0.297 e. The number of aliphatic hydroxyl groups is 2. The molecule has 0 spiro atoms. The fourth-order valence-electron chi connectivity index (χ4n) is 21.5. The number of benzene rings is 18. The lowest BCUT2D eigenvalue weighted by Crippen LogP contribution is -2.49. The number of likely N-dealkylation sites (N-methyl/N-ethyl adjacent to an activating group) is 3. The molecule has 18 aromatic carbocycles. The quantitative estimate of drug-likeness (QED) is 0.0210. The van der Waals surface area contributed by atoms with E-state index in [0.29, 0.717) is 19.6 Å². The Balaban J connectivity index is 0.000000157. The molecule has 0 amide bonds. The Morgan fingerprint density at radius 1 is 0.300 bits per heavy atom. The number of fused-ring (bicyclic) bond motifs is 6. The third-order valence-electron chi connectivity index (χ3n) is 28.5. The lowest BCUT2D eigenvalue weighted by Gasteiger charge is -2.47. The molecule has 3 N–H and O–H groups in total. The Bertz CT molecular complexity index is 6930. The summed E-state index contributed by atoms with van der Waals surface area (Å²) in [5.41, 5.74) is 24.9. The summed E-state index contributed by atoms with van der Waals surface area (Å²) in [6.45, 7) is 7.49. The summed E-state index contributed by atoms with van der Waals surface area (Å²) < 4.78 is 56.9. The first-order valence-electron chi connectivity index (χ1n) is 50.3. The standard InChI is InChI=1S/C57H50Br2N2.C29H29NO3S.C22H23NO.C13H8Br2.C7H7ClO2S.C3H9NO/c1-60(56(43-21-9-3-10-22-43,44-23-11-4-12-24-44)45-25-13-5-14-26-45)39-37-55(53-41-49(58)33-35-51(53)52-36-34-50(59)42-54(52)55)38-40-61(2)57(46-27-15-6-16-28-46,47-29-17-7-18-30-47)48-31-19-8-20-32-48;1-24-18-20-28(21-19-24)34(31,32)33-23-22-30(2)29(25-12-6-3-7-13-25,26-14-8-4-9-15-26)27-16-10-5-11-17-27;1-23(17-18-24)22(19-11-5-2-6-12-19,20-13-7-3-8-14-20)21-15-9-4-10-16-21;14-10-1-3-12-8(6-10)5-9-7-11(15)2-4-13(9)12;1-6-2-4-7(5-3-6)11(8,9)10;1-4-2-3-5/h3-36,41-42H,37-40H2,1-2H3;3-21H,22-23H2,1-2H3;2-16,24H,17-18H2,1H3;1-4,6-7H,5H2;2-5H,1H3;4-5H,2-3H2,1H3. The van der Waals surface area contributed by atoms with Crippen LogP contribution in [-0.4, -0.2) is 134 Å². The van der Waals surface area contributed by atoms with Crippen molar-refractivity contribution in [2.24, 2.45) is 0 Å². The Labute approximate surface area is 925 Å². The van der Waals surface area contributed by atoms with Crippen LogP contribution in [0.2, 0.25) is 0 Å². The summed E-state index contributed by atoms with van der Waals surface area (Å²) in [7, 11) is 8.24. The molecule has 2 aliphatic carbocycles. The van der Waals surface area contributed by atoms with Crippen LogP contribution in [0.15, 0.2) is 513 Å². The van der Waals surface area contributed by atoms with E-state index >= 15 is 0 Å². The van der Waals surface area contributed by atoms with E-state index in [-0.39, 0.29) is 35.0 Å². The predicted molar refractivity (Wildman–Crippen MR) is 631 cm³/mol. The Morgan fingerprint density at radius 2 is 0.527 bits per heavy atom. The van der Waals surface area contributed by atoms with E-state index in [1.807, 2.05) is 93.7 Å². The summed E-state index contributed by atoms with van der Waals surface area (Å²) in [6.07, 6.45) is 2.84. The van der Waals surface area contributed by atoms with E-state index in [1.54, 1.807) is 43.4 Å². The molecule has 0 bridgehead atoms. The number of hydrogen-bond acceptors (Lipinski definition) is 12. The number of hydrogen-bond donors (Lipinski definition) is 3. The molecule has 0 saturated carbocycles. The number of aryl methyl sites for hydroxylation is 2. The van der Waals surface area contributed by atoms with Crippen LogP contribution in [0.5, 0.6) is 0 Å². The van der Waals surface area contributed by atoms with Gasteiger partial charge in [-0.1, -0.05) is 487 Å². The number of aliphatic hydroxyl groups excluding tert-OH is 2. The first kappa shape index (κ1) is 112. The van der Waals surface area contributed by atoms with Crippen LogP contribution < -0.4 is 5.32 Å². The van der Waals surface area contributed by atoms with Gasteiger partial charge in [-0.2, -0.15) is 8.42 Å². The van der Waals surface area contributed by atoms with Gasteiger partial charge in [0.15, 0.2) is 0 Å². The number of nitrogens with one attached hydrogen (secondary N) is 1. The molecule has 0 saturated heterocycles. The fraction of sp³-hybridized carbons (Fsp3) is 0.176. The highest BCUT2D eigenvalue weighted by molar-refractivity contribution is 9.11. The predicted octanol–water partition coefficient (Wildman–Crippen LogP) is 29.5. The van der Waals surface area contributed by atoms with Crippen molar-refractivity contribution in [2.75, 3.05) is 87.8 Å². The zero-order chi connectivity index (χ0) is 106. The molecule has 12 nitrogen and oxygen atoms in total. The monoisotopic (exact) mass is 2300 g/mol. The van der Waals surface area contributed by atoms with Gasteiger partial charge in [0.2, 0.25) is 0 Å². The first-order chi connectivity index (χ1) is 72.8. The highest BCUT2D eigenvalue weighted by atomic mass is 79.9. The van der Waals surface area contributed by atoms with Gasteiger partial charge in [0, 0.05) is 66.7 Å².